The fourth-order valence-corrected chi connectivity index (χ4v) is 2.45. The second kappa shape index (κ2) is 16.3. The number of aliphatic carboxylic acids is 1. The monoisotopic (exact) mass is 338 g/mol. The molecular formula is C20H34O4. The zero-order chi connectivity index (χ0) is 18.0. The quantitative estimate of drug-likeness (QED) is 0.246. The fraction of sp³-hybridized carbons (Fsp3) is 0.700. The number of hydrogen-bond acceptors (Lipinski definition) is 3. The molecule has 1 atom stereocenters. The van der Waals surface area contributed by atoms with E-state index in [2.05, 4.69) is 31.2 Å². The Morgan fingerprint density at radius 2 is 1.67 bits per heavy atom. The van der Waals surface area contributed by atoms with Crippen molar-refractivity contribution in [1.82, 2.24) is 0 Å². The summed E-state index contributed by atoms with van der Waals surface area (Å²) >= 11 is 0. The zero-order valence-corrected chi connectivity index (χ0v) is 15.3. The van der Waals surface area contributed by atoms with Gasteiger partial charge in [-0.1, -0.05) is 44.1 Å². The third kappa shape index (κ3) is 16.8. The van der Waals surface area contributed by atoms with Gasteiger partial charge in [-0.3, -0.25) is 9.59 Å². The molecule has 0 aliphatic carbocycles. The van der Waals surface area contributed by atoms with Crippen molar-refractivity contribution >= 4 is 11.9 Å². The summed E-state index contributed by atoms with van der Waals surface area (Å²) in [7, 11) is 0. The van der Waals surface area contributed by atoms with E-state index in [-0.39, 0.29) is 18.5 Å². The Hall–Kier alpha value is -1.58. The topological polar surface area (TPSA) is 63.6 Å². The molecule has 0 saturated carbocycles. The highest BCUT2D eigenvalue weighted by atomic mass is 16.5. The van der Waals surface area contributed by atoms with Gasteiger partial charge in [0.1, 0.15) is 6.10 Å². The number of allylic oxidation sites excluding steroid dienone is 4. The van der Waals surface area contributed by atoms with Crippen LogP contribution in [0.25, 0.3) is 0 Å². The van der Waals surface area contributed by atoms with Crippen LogP contribution in [-0.4, -0.2) is 23.1 Å². The molecule has 0 aromatic carbocycles. The summed E-state index contributed by atoms with van der Waals surface area (Å²) in [4.78, 5) is 21.6. The third-order valence-electron chi connectivity index (χ3n) is 3.73. The Labute approximate surface area is 147 Å². The lowest BCUT2D eigenvalue weighted by Gasteiger charge is -2.15. The predicted molar refractivity (Wildman–Crippen MR) is 97.9 cm³/mol. The van der Waals surface area contributed by atoms with E-state index in [4.69, 9.17) is 9.84 Å². The summed E-state index contributed by atoms with van der Waals surface area (Å²) < 4.78 is 5.31. The van der Waals surface area contributed by atoms with Gasteiger partial charge in [-0.05, 0) is 51.4 Å². The van der Waals surface area contributed by atoms with Gasteiger partial charge < -0.3 is 9.84 Å². The van der Waals surface area contributed by atoms with Crippen molar-refractivity contribution in [1.29, 1.82) is 0 Å². The van der Waals surface area contributed by atoms with Crippen molar-refractivity contribution < 1.29 is 19.4 Å². The molecular weight excluding hydrogens is 304 g/mol. The zero-order valence-electron chi connectivity index (χ0n) is 15.3. The lowest BCUT2D eigenvalue weighted by atomic mass is 10.1. The average molecular weight is 338 g/mol. The van der Waals surface area contributed by atoms with Crippen molar-refractivity contribution in [2.75, 3.05) is 0 Å². The minimum atomic E-state index is -0.773. The highest BCUT2D eigenvalue weighted by Gasteiger charge is 2.11. The van der Waals surface area contributed by atoms with E-state index in [1.54, 1.807) is 0 Å². The van der Waals surface area contributed by atoms with Gasteiger partial charge >= 0.3 is 11.9 Å². The van der Waals surface area contributed by atoms with Crippen molar-refractivity contribution in [3.05, 3.63) is 24.3 Å². The maximum atomic E-state index is 11.1. The maximum absolute atomic E-state index is 11.1. The summed E-state index contributed by atoms with van der Waals surface area (Å²) in [5, 5.41) is 8.63. The van der Waals surface area contributed by atoms with E-state index >= 15 is 0 Å². The summed E-state index contributed by atoms with van der Waals surface area (Å²) in [5.41, 5.74) is 0. The number of carboxylic acids is 1. The van der Waals surface area contributed by atoms with Crippen LogP contribution in [0.5, 0.6) is 0 Å². The molecule has 138 valence electrons. The summed E-state index contributed by atoms with van der Waals surface area (Å²) in [6.07, 6.45) is 18.5. The first-order chi connectivity index (χ1) is 11.6. The molecule has 0 fully saturated rings. The highest BCUT2D eigenvalue weighted by molar-refractivity contribution is 5.66. The molecule has 0 aliphatic rings. The molecule has 4 nitrogen and oxygen atoms in total. The lowest BCUT2D eigenvalue weighted by molar-refractivity contribution is -0.147. The number of ether oxygens (including phenoxy) is 1. The van der Waals surface area contributed by atoms with Gasteiger partial charge in [-0.25, -0.2) is 0 Å². The van der Waals surface area contributed by atoms with Crippen LogP contribution >= 0.6 is 0 Å². The SMILES string of the molecule is CCCCC/C=C\C/C=C\CCC(CCCCC(=O)O)OC(C)=O. The Bertz CT molecular complexity index is 385. The van der Waals surface area contributed by atoms with E-state index < -0.39 is 5.97 Å². The summed E-state index contributed by atoms with van der Waals surface area (Å²) in [6.45, 7) is 3.63. The Morgan fingerprint density at radius 1 is 0.958 bits per heavy atom. The van der Waals surface area contributed by atoms with Crippen LogP contribution in [0.2, 0.25) is 0 Å². The molecule has 0 spiro atoms. The van der Waals surface area contributed by atoms with Crippen molar-refractivity contribution in [2.45, 2.75) is 90.6 Å². The van der Waals surface area contributed by atoms with Gasteiger partial charge in [0.05, 0.1) is 0 Å². The third-order valence-corrected chi connectivity index (χ3v) is 3.73. The molecule has 1 N–H and O–H groups in total. The van der Waals surface area contributed by atoms with Crippen molar-refractivity contribution in [2.24, 2.45) is 0 Å². The van der Waals surface area contributed by atoms with Gasteiger partial charge in [0.25, 0.3) is 0 Å². The number of carbonyl (C=O) groups excluding carboxylic acids is 1. The van der Waals surface area contributed by atoms with Crippen molar-refractivity contribution in [3.63, 3.8) is 0 Å². The predicted octanol–water partition coefficient (Wildman–Crippen LogP) is 5.43. The van der Waals surface area contributed by atoms with E-state index in [9.17, 15) is 9.59 Å². The van der Waals surface area contributed by atoms with Crippen LogP contribution in [0.4, 0.5) is 0 Å². The molecule has 4 heteroatoms. The number of unbranched alkanes of at least 4 members (excludes halogenated alkanes) is 4. The van der Waals surface area contributed by atoms with E-state index in [0.29, 0.717) is 6.42 Å². The van der Waals surface area contributed by atoms with E-state index in [0.717, 1.165) is 38.5 Å². The van der Waals surface area contributed by atoms with Crippen LogP contribution in [0.15, 0.2) is 24.3 Å². The normalized spacial score (nSPS) is 12.8. The molecule has 24 heavy (non-hydrogen) atoms. The molecule has 0 bridgehead atoms. The van der Waals surface area contributed by atoms with Gasteiger partial charge in [-0.2, -0.15) is 0 Å². The van der Waals surface area contributed by atoms with Crippen molar-refractivity contribution in [3.8, 4) is 0 Å². The Balaban J connectivity index is 3.85. The van der Waals surface area contributed by atoms with Gasteiger partial charge in [0.2, 0.25) is 0 Å². The highest BCUT2D eigenvalue weighted by Crippen LogP contribution is 2.13. The van der Waals surface area contributed by atoms with Crippen LogP contribution in [0.1, 0.15) is 84.5 Å². The number of carbonyl (C=O) groups is 2. The number of esters is 1. The number of hydrogen-bond donors (Lipinski definition) is 1. The van der Waals surface area contributed by atoms with Gasteiger partial charge in [0.15, 0.2) is 0 Å². The number of carboxylic acid groups (broad SMARTS) is 1. The first-order valence-corrected chi connectivity index (χ1v) is 9.25. The minimum absolute atomic E-state index is 0.106. The largest absolute Gasteiger partial charge is 0.481 e. The first-order valence-electron chi connectivity index (χ1n) is 9.25. The first kappa shape index (κ1) is 22.4. The second-order valence-corrected chi connectivity index (χ2v) is 6.12. The molecule has 0 rings (SSSR count). The van der Waals surface area contributed by atoms with Gasteiger partial charge in [-0.15, -0.1) is 0 Å². The summed E-state index contributed by atoms with van der Waals surface area (Å²) in [6, 6.07) is 0. The van der Waals surface area contributed by atoms with Crippen LogP contribution in [0.3, 0.4) is 0 Å². The Morgan fingerprint density at radius 3 is 2.29 bits per heavy atom. The number of rotatable bonds is 15. The smallest absolute Gasteiger partial charge is 0.303 e. The standard InChI is InChI=1S/C20H34O4/c1-3-4-5-6-7-8-9-10-11-12-15-19(24-18(2)21)16-13-14-17-20(22)23/h7-8,10-11,19H,3-6,9,12-17H2,1-2H3,(H,22,23)/b8-7-,11-10-. The van der Waals surface area contributed by atoms with Crippen LogP contribution in [0, 0.1) is 0 Å². The molecule has 1 unspecified atom stereocenters. The van der Waals surface area contributed by atoms with Crippen LogP contribution in [-0.2, 0) is 14.3 Å². The second-order valence-electron chi connectivity index (χ2n) is 6.12. The van der Waals surface area contributed by atoms with E-state index in [1.807, 2.05) is 0 Å². The Kier molecular flexibility index (Phi) is 15.2. The molecule has 0 saturated heterocycles. The molecule has 0 amide bonds. The molecule has 0 aromatic heterocycles. The van der Waals surface area contributed by atoms with E-state index in [1.165, 1.54) is 26.2 Å². The minimum Gasteiger partial charge on any atom is -0.481 e. The molecule has 0 radical (unpaired) electrons. The fourth-order valence-electron chi connectivity index (χ4n) is 2.45. The van der Waals surface area contributed by atoms with Crippen LogP contribution < -0.4 is 0 Å². The van der Waals surface area contributed by atoms with Gasteiger partial charge in [0, 0.05) is 13.3 Å². The molecule has 0 aliphatic heterocycles. The molecule has 0 aromatic rings. The average Bonchev–Trinajstić information content (AvgIpc) is 2.52. The summed E-state index contributed by atoms with van der Waals surface area (Å²) in [5.74, 6) is -1.04. The molecule has 0 heterocycles. The maximum Gasteiger partial charge on any atom is 0.303 e. The lowest BCUT2D eigenvalue weighted by Crippen LogP contribution is -2.16.